The molecule has 6 atom stereocenters. The van der Waals surface area contributed by atoms with Gasteiger partial charge in [0.05, 0.1) is 26.4 Å². The van der Waals surface area contributed by atoms with Gasteiger partial charge >= 0.3 is 39.5 Å². The van der Waals surface area contributed by atoms with Crippen LogP contribution < -0.4 is 0 Å². The molecule has 0 bridgehead atoms. The number of aliphatic hydroxyl groups is 1. The van der Waals surface area contributed by atoms with E-state index >= 15 is 0 Å². The van der Waals surface area contributed by atoms with Crippen LogP contribution in [0.1, 0.15) is 364 Å². The lowest BCUT2D eigenvalue weighted by Crippen LogP contribution is -2.30. The molecule has 0 aliphatic heterocycles. The van der Waals surface area contributed by atoms with Crippen LogP contribution in [0.4, 0.5) is 0 Å². The van der Waals surface area contributed by atoms with Crippen LogP contribution in [0, 0.1) is 23.7 Å². The lowest BCUT2D eigenvalue weighted by molar-refractivity contribution is -0.161. The van der Waals surface area contributed by atoms with Crippen molar-refractivity contribution < 1.29 is 80.2 Å². The molecule has 17 nitrogen and oxygen atoms in total. The maximum Gasteiger partial charge on any atom is 0.472 e. The second-order valence-electron chi connectivity index (χ2n) is 28.0. The summed E-state index contributed by atoms with van der Waals surface area (Å²) in [6.07, 6.45) is 45.7. The Kier molecular flexibility index (Phi) is 61.3. The Labute approximate surface area is 562 Å². The number of carbonyl (C=O) groups is 4. The number of phosphoric acid groups is 2. The summed E-state index contributed by atoms with van der Waals surface area (Å²) in [6, 6.07) is 0. The molecule has 0 heterocycles. The minimum atomic E-state index is -4.95. The molecule has 92 heavy (non-hydrogen) atoms. The fourth-order valence-corrected chi connectivity index (χ4v) is 12.6. The van der Waals surface area contributed by atoms with E-state index in [9.17, 15) is 43.2 Å². The van der Waals surface area contributed by atoms with Gasteiger partial charge in [-0.05, 0) is 49.4 Å². The van der Waals surface area contributed by atoms with Gasteiger partial charge in [-0.15, -0.1) is 0 Å². The van der Waals surface area contributed by atoms with E-state index < -0.39 is 97.5 Å². The molecule has 0 rings (SSSR count). The van der Waals surface area contributed by atoms with E-state index in [1.807, 2.05) is 0 Å². The van der Waals surface area contributed by atoms with E-state index in [0.29, 0.717) is 25.7 Å². The molecule has 0 aliphatic carbocycles. The van der Waals surface area contributed by atoms with Gasteiger partial charge in [0.1, 0.15) is 19.3 Å². The number of ether oxygens (including phenoxy) is 4. The number of esters is 4. The number of carbonyl (C=O) groups excluding carboxylic acids is 4. The molecular formula is C73H142O17P2. The third kappa shape index (κ3) is 65.4. The molecule has 0 aromatic carbocycles. The van der Waals surface area contributed by atoms with Gasteiger partial charge in [-0.25, -0.2) is 9.13 Å². The molecule has 4 unspecified atom stereocenters. The van der Waals surface area contributed by atoms with Crippen molar-refractivity contribution in [3.8, 4) is 0 Å². The fourth-order valence-electron chi connectivity index (χ4n) is 11.0. The van der Waals surface area contributed by atoms with Crippen molar-refractivity contribution in [1.82, 2.24) is 0 Å². The Morgan fingerprint density at radius 2 is 0.522 bits per heavy atom. The smallest absolute Gasteiger partial charge is 0.462 e. The van der Waals surface area contributed by atoms with Gasteiger partial charge in [0.25, 0.3) is 0 Å². The fraction of sp³-hybridized carbons (Fsp3) is 0.945. The zero-order valence-electron chi connectivity index (χ0n) is 60.2. The Bertz CT molecular complexity index is 1820. The summed E-state index contributed by atoms with van der Waals surface area (Å²) >= 11 is 0. The number of hydrogen-bond donors (Lipinski definition) is 3. The maximum atomic E-state index is 13.0. The van der Waals surface area contributed by atoms with Gasteiger partial charge in [-0.1, -0.05) is 312 Å². The van der Waals surface area contributed by atoms with Crippen LogP contribution in [0.25, 0.3) is 0 Å². The minimum Gasteiger partial charge on any atom is -0.462 e. The minimum absolute atomic E-state index is 0.105. The van der Waals surface area contributed by atoms with Gasteiger partial charge in [0, 0.05) is 25.7 Å². The third-order valence-electron chi connectivity index (χ3n) is 17.2. The summed E-state index contributed by atoms with van der Waals surface area (Å²) in [5.41, 5.74) is 0. The second-order valence-corrected chi connectivity index (χ2v) is 30.9. The SMILES string of the molecule is CCC(C)CCCCCCCCCCCCC(=O)O[C@H](COC(=O)CCCCCCCCCCC(C)C)COP(=O)(O)OCC(O)COP(=O)(O)OC[C@@H](COC(=O)CCCCCCCCCCCC(C)C)OC(=O)CCCCCCCCCCCCCCC(C)C. The van der Waals surface area contributed by atoms with Crippen LogP contribution in [0.2, 0.25) is 0 Å². The summed E-state index contributed by atoms with van der Waals surface area (Å²) in [4.78, 5) is 72.7. The van der Waals surface area contributed by atoms with E-state index in [1.54, 1.807) is 0 Å². The molecule has 0 aromatic heterocycles. The van der Waals surface area contributed by atoms with Crippen LogP contribution in [0.3, 0.4) is 0 Å². The number of rotatable bonds is 70. The predicted octanol–water partition coefficient (Wildman–Crippen LogP) is 20.9. The van der Waals surface area contributed by atoms with E-state index in [1.165, 1.54) is 167 Å². The van der Waals surface area contributed by atoms with Gasteiger partial charge in [-0.2, -0.15) is 0 Å². The standard InChI is InChI=1S/C73H142O17P2/c1-9-66(8)52-44-36-28-19-14-15-21-32-40-48-56-73(78)90-69(60-84-71(76)54-46-38-30-24-23-27-35-43-51-65(6)7)62-88-92(81,82)86-58-67(74)57-85-91(79,80)87-61-68(59-83-70(75)53-45-37-29-22-16-18-26-34-42-50-64(4)5)89-72(77)55-47-39-31-20-13-11-10-12-17-25-33-41-49-63(2)3/h63-69,74H,9-62H2,1-8H3,(H,79,80)(H,81,82)/t66?,67?,68-,69-/m1/s1. The summed E-state index contributed by atoms with van der Waals surface area (Å²) in [6.45, 7) is 14.2. The molecule has 0 aromatic rings. The first-order chi connectivity index (χ1) is 44.1. The highest BCUT2D eigenvalue weighted by molar-refractivity contribution is 7.47. The Hall–Kier alpha value is -1.94. The van der Waals surface area contributed by atoms with Gasteiger partial charge in [0.2, 0.25) is 0 Å². The van der Waals surface area contributed by atoms with E-state index in [4.69, 9.17) is 37.0 Å². The molecule has 3 N–H and O–H groups in total. The van der Waals surface area contributed by atoms with Crippen LogP contribution in [0.5, 0.6) is 0 Å². The highest BCUT2D eigenvalue weighted by Gasteiger charge is 2.30. The van der Waals surface area contributed by atoms with Crippen molar-refractivity contribution in [2.24, 2.45) is 23.7 Å². The van der Waals surface area contributed by atoms with Crippen molar-refractivity contribution in [1.29, 1.82) is 0 Å². The van der Waals surface area contributed by atoms with E-state index in [0.717, 1.165) is 114 Å². The quantitative estimate of drug-likeness (QED) is 0.0222. The van der Waals surface area contributed by atoms with Crippen molar-refractivity contribution in [3.63, 3.8) is 0 Å². The average Bonchev–Trinajstić information content (AvgIpc) is 1.97. The molecule has 546 valence electrons. The zero-order valence-corrected chi connectivity index (χ0v) is 62.0. The summed E-state index contributed by atoms with van der Waals surface area (Å²) in [5, 5.41) is 10.6. The molecule has 0 amide bonds. The summed E-state index contributed by atoms with van der Waals surface area (Å²) < 4.78 is 68.4. The molecule has 19 heteroatoms. The molecule has 0 fully saturated rings. The molecular weight excluding hydrogens is 1210 g/mol. The number of phosphoric ester groups is 2. The van der Waals surface area contributed by atoms with Crippen LogP contribution in [-0.4, -0.2) is 96.7 Å². The van der Waals surface area contributed by atoms with Crippen molar-refractivity contribution in [3.05, 3.63) is 0 Å². The second kappa shape index (κ2) is 62.6. The first-order valence-electron chi connectivity index (χ1n) is 37.7. The van der Waals surface area contributed by atoms with Gasteiger partial charge < -0.3 is 33.8 Å². The topological polar surface area (TPSA) is 237 Å². The highest BCUT2D eigenvalue weighted by Crippen LogP contribution is 2.45. The first kappa shape index (κ1) is 90.1. The molecule has 0 saturated carbocycles. The number of hydrogen-bond acceptors (Lipinski definition) is 15. The van der Waals surface area contributed by atoms with Crippen LogP contribution >= 0.6 is 15.6 Å². The molecule has 0 aliphatic rings. The molecule has 0 spiro atoms. The molecule has 0 radical (unpaired) electrons. The van der Waals surface area contributed by atoms with Gasteiger partial charge in [0.15, 0.2) is 12.2 Å². The highest BCUT2D eigenvalue weighted by atomic mass is 31.2. The largest absolute Gasteiger partial charge is 0.472 e. The summed E-state index contributed by atoms with van der Waals surface area (Å²) in [7, 11) is -9.91. The van der Waals surface area contributed by atoms with E-state index in [-0.39, 0.29) is 25.7 Å². The van der Waals surface area contributed by atoms with Crippen LogP contribution in [0.15, 0.2) is 0 Å². The Morgan fingerprint density at radius 1 is 0.304 bits per heavy atom. The van der Waals surface area contributed by atoms with Crippen LogP contribution in [-0.2, 0) is 65.4 Å². The number of unbranched alkanes of at least 4 members (excludes halogenated alkanes) is 35. The third-order valence-corrected chi connectivity index (χ3v) is 19.1. The van der Waals surface area contributed by atoms with Crippen molar-refractivity contribution >= 4 is 39.5 Å². The van der Waals surface area contributed by atoms with Crippen molar-refractivity contribution in [2.75, 3.05) is 39.6 Å². The summed E-state index contributed by atoms with van der Waals surface area (Å²) in [5.74, 6) is 0.925. The first-order valence-corrected chi connectivity index (χ1v) is 40.7. The maximum absolute atomic E-state index is 13.0. The monoisotopic (exact) mass is 1350 g/mol. The Balaban J connectivity index is 5.27. The lowest BCUT2D eigenvalue weighted by atomic mass is 9.99. The lowest BCUT2D eigenvalue weighted by Gasteiger charge is -2.21. The Morgan fingerprint density at radius 3 is 0.772 bits per heavy atom. The van der Waals surface area contributed by atoms with Gasteiger partial charge in [-0.3, -0.25) is 37.3 Å². The number of aliphatic hydroxyl groups excluding tert-OH is 1. The average molecular weight is 1350 g/mol. The molecule has 0 saturated heterocycles. The normalized spacial score (nSPS) is 14.5. The van der Waals surface area contributed by atoms with E-state index in [2.05, 4.69) is 55.4 Å². The zero-order chi connectivity index (χ0) is 68.2. The van der Waals surface area contributed by atoms with Crippen molar-refractivity contribution in [2.45, 2.75) is 382 Å². The predicted molar refractivity (Wildman–Crippen MR) is 372 cm³/mol.